The van der Waals surface area contributed by atoms with E-state index in [2.05, 4.69) is 15.2 Å². The van der Waals surface area contributed by atoms with Crippen molar-refractivity contribution in [2.75, 3.05) is 11.5 Å². The van der Waals surface area contributed by atoms with Crippen LogP contribution in [-0.4, -0.2) is 20.9 Å². The number of nitrogens with two attached hydrogens (primary N) is 1. The molecule has 1 rings (SSSR count). The summed E-state index contributed by atoms with van der Waals surface area (Å²) in [5.41, 5.74) is 6.61. The van der Waals surface area contributed by atoms with Crippen LogP contribution in [0.3, 0.4) is 0 Å². The Morgan fingerprint density at radius 1 is 1.75 bits per heavy atom. The lowest BCUT2D eigenvalue weighted by Gasteiger charge is -1.91. The van der Waals surface area contributed by atoms with Crippen LogP contribution >= 0.6 is 35.0 Å². The molecule has 0 radical (unpaired) electrons. The van der Waals surface area contributed by atoms with Gasteiger partial charge in [0, 0.05) is 16.3 Å². The molecule has 0 fully saturated rings. The van der Waals surface area contributed by atoms with Crippen molar-refractivity contribution in [3.05, 3.63) is 10.6 Å². The second-order valence-corrected chi connectivity index (χ2v) is 3.49. The minimum atomic E-state index is 0.295. The van der Waals surface area contributed by atoms with Crippen molar-refractivity contribution in [3.63, 3.8) is 0 Å². The van der Waals surface area contributed by atoms with E-state index < -0.39 is 0 Å². The zero-order valence-corrected chi connectivity index (χ0v) is 8.25. The van der Waals surface area contributed by atoms with Crippen LogP contribution in [0.5, 0.6) is 0 Å². The van der Waals surface area contributed by atoms with Crippen LogP contribution < -0.4 is 5.73 Å². The number of rotatable bonds is 3. The van der Waals surface area contributed by atoms with Crippen LogP contribution in [0.15, 0.2) is 15.7 Å². The molecule has 3 N–H and O–H groups in total. The topological polar surface area (TPSA) is 67.6 Å². The summed E-state index contributed by atoms with van der Waals surface area (Å²) in [4.78, 5) is 3.86. The van der Waals surface area contributed by atoms with Crippen LogP contribution in [0.25, 0.3) is 0 Å². The van der Waals surface area contributed by atoms with Crippen molar-refractivity contribution in [2.24, 2.45) is 0 Å². The Balaban J connectivity index is 2.43. The lowest BCUT2D eigenvalue weighted by atomic mass is 10.7. The van der Waals surface area contributed by atoms with Gasteiger partial charge in [-0.15, -0.1) is 5.10 Å². The Kier molecular flexibility index (Phi) is 3.71. The number of halogens is 2. The molecule has 1 heterocycles. The van der Waals surface area contributed by atoms with Crippen molar-refractivity contribution >= 4 is 40.9 Å². The summed E-state index contributed by atoms with van der Waals surface area (Å²) in [5.74, 6) is 0.839. The molecule has 0 aliphatic rings. The molecule has 1 aromatic rings. The van der Waals surface area contributed by atoms with Crippen molar-refractivity contribution in [1.29, 1.82) is 0 Å². The molecule has 0 saturated heterocycles. The molecule has 0 aliphatic heterocycles. The monoisotopic (exact) mass is 224 g/mol. The van der Waals surface area contributed by atoms with Crippen molar-refractivity contribution in [3.8, 4) is 0 Å². The third-order valence-electron chi connectivity index (χ3n) is 0.940. The highest BCUT2D eigenvalue weighted by molar-refractivity contribution is 7.99. The van der Waals surface area contributed by atoms with Crippen LogP contribution in [0.4, 0.5) is 5.95 Å². The van der Waals surface area contributed by atoms with E-state index in [-0.39, 0.29) is 0 Å². The van der Waals surface area contributed by atoms with E-state index in [9.17, 15) is 0 Å². The van der Waals surface area contributed by atoms with Gasteiger partial charge in [0.2, 0.25) is 11.1 Å². The van der Waals surface area contributed by atoms with E-state index in [1.165, 1.54) is 17.3 Å². The number of aromatic nitrogens is 3. The first-order valence-corrected chi connectivity index (χ1v) is 4.78. The Morgan fingerprint density at radius 2 is 2.50 bits per heavy atom. The molecule has 0 aliphatic carbocycles. The van der Waals surface area contributed by atoms with Crippen LogP contribution in [0, 0.1) is 0 Å². The molecule has 0 amide bonds. The van der Waals surface area contributed by atoms with Gasteiger partial charge >= 0.3 is 0 Å². The van der Waals surface area contributed by atoms with Crippen LogP contribution in [0.1, 0.15) is 0 Å². The number of hydrogen-bond donors (Lipinski definition) is 2. The molecule has 0 bridgehead atoms. The summed E-state index contributed by atoms with van der Waals surface area (Å²) in [5, 5.41) is 7.41. The highest BCUT2D eigenvalue weighted by Gasteiger charge is 2.01. The fourth-order valence-electron chi connectivity index (χ4n) is 0.488. The van der Waals surface area contributed by atoms with Gasteiger partial charge in [0.1, 0.15) is 0 Å². The maximum atomic E-state index is 5.63. The predicted octanol–water partition coefficient (Wildman–Crippen LogP) is 1.80. The minimum Gasteiger partial charge on any atom is -0.368 e. The molecule has 0 aromatic carbocycles. The summed E-state index contributed by atoms with van der Waals surface area (Å²) >= 11 is 12.3. The standard InChI is InChI=1S/C5H6Cl2N4S/c6-1-3(7)2-12-5-9-4(8)10-11-5/h1H,2H2,(H3,8,9,10,11). The molecule has 66 valence electrons. The van der Waals surface area contributed by atoms with E-state index in [1.54, 1.807) is 0 Å². The Labute approximate surface area is 83.5 Å². The number of nitrogens with zero attached hydrogens (tertiary/aromatic N) is 2. The van der Waals surface area contributed by atoms with Gasteiger partial charge < -0.3 is 5.73 Å². The van der Waals surface area contributed by atoms with Crippen molar-refractivity contribution < 1.29 is 0 Å². The van der Waals surface area contributed by atoms with Gasteiger partial charge in [0.05, 0.1) is 0 Å². The van der Waals surface area contributed by atoms with E-state index in [4.69, 9.17) is 28.9 Å². The molecular weight excluding hydrogens is 219 g/mol. The van der Waals surface area contributed by atoms with E-state index in [0.29, 0.717) is 21.9 Å². The zero-order valence-electron chi connectivity index (χ0n) is 5.92. The minimum absolute atomic E-state index is 0.295. The summed E-state index contributed by atoms with van der Waals surface area (Å²) in [6.07, 6.45) is 0. The number of hydrogen-bond acceptors (Lipinski definition) is 4. The molecule has 1 aromatic heterocycles. The summed E-state index contributed by atoms with van der Waals surface area (Å²) in [7, 11) is 0. The fraction of sp³-hybridized carbons (Fsp3) is 0.200. The third kappa shape index (κ3) is 2.92. The highest BCUT2D eigenvalue weighted by atomic mass is 35.5. The molecule has 0 unspecified atom stereocenters. The number of thioether (sulfide) groups is 1. The molecule has 0 saturated carbocycles. The number of nitrogens with one attached hydrogen (secondary N) is 1. The Morgan fingerprint density at radius 3 is 3.00 bits per heavy atom. The summed E-state index contributed by atoms with van der Waals surface area (Å²) < 4.78 is 0. The molecule has 0 atom stereocenters. The third-order valence-corrected chi connectivity index (χ3v) is 2.61. The fourth-order valence-corrected chi connectivity index (χ4v) is 1.44. The summed E-state index contributed by atoms with van der Waals surface area (Å²) in [6, 6.07) is 0. The number of aromatic amines is 1. The maximum Gasteiger partial charge on any atom is 0.216 e. The highest BCUT2D eigenvalue weighted by Crippen LogP contribution is 2.18. The van der Waals surface area contributed by atoms with Crippen LogP contribution in [0.2, 0.25) is 0 Å². The quantitative estimate of drug-likeness (QED) is 0.769. The van der Waals surface area contributed by atoms with Crippen molar-refractivity contribution in [1.82, 2.24) is 15.2 Å². The number of H-pyrrole nitrogens is 1. The van der Waals surface area contributed by atoms with Gasteiger partial charge in [-0.25, -0.2) is 5.10 Å². The largest absolute Gasteiger partial charge is 0.368 e. The summed E-state index contributed by atoms with van der Waals surface area (Å²) in [6.45, 7) is 0. The Hall–Kier alpha value is -0.390. The van der Waals surface area contributed by atoms with Gasteiger partial charge in [-0.3, -0.25) is 0 Å². The first-order chi connectivity index (χ1) is 5.72. The predicted molar refractivity (Wildman–Crippen MR) is 51.3 cm³/mol. The Bertz CT molecular complexity index is 285. The van der Waals surface area contributed by atoms with Gasteiger partial charge in [-0.1, -0.05) is 35.0 Å². The number of nitrogen functional groups attached to an aromatic ring is 1. The van der Waals surface area contributed by atoms with E-state index in [1.807, 2.05) is 0 Å². The van der Waals surface area contributed by atoms with Gasteiger partial charge in [0.15, 0.2) is 0 Å². The van der Waals surface area contributed by atoms with E-state index >= 15 is 0 Å². The van der Waals surface area contributed by atoms with Crippen LogP contribution in [-0.2, 0) is 0 Å². The van der Waals surface area contributed by atoms with Gasteiger partial charge in [-0.05, 0) is 0 Å². The normalized spacial score (nSPS) is 12.0. The van der Waals surface area contributed by atoms with Gasteiger partial charge in [-0.2, -0.15) is 4.98 Å². The molecule has 4 nitrogen and oxygen atoms in total. The molecule has 0 spiro atoms. The molecule has 12 heavy (non-hydrogen) atoms. The first kappa shape index (κ1) is 9.70. The average Bonchev–Trinajstić information content (AvgIpc) is 2.47. The van der Waals surface area contributed by atoms with Crippen molar-refractivity contribution in [2.45, 2.75) is 5.16 Å². The van der Waals surface area contributed by atoms with E-state index in [0.717, 1.165) is 0 Å². The second-order valence-electron chi connectivity index (χ2n) is 1.85. The smallest absolute Gasteiger partial charge is 0.216 e. The average molecular weight is 225 g/mol. The number of anilines is 1. The SMILES string of the molecule is Nc1nc(SCC(Cl)=CCl)n[nH]1. The first-order valence-electron chi connectivity index (χ1n) is 2.98. The zero-order chi connectivity index (χ0) is 8.97. The lowest BCUT2D eigenvalue weighted by molar-refractivity contribution is 0.975. The second kappa shape index (κ2) is 4.59. The molecular formula is C5H6Cl2N4S. The maximum absolute atomic E-state index is 5.63. The molecule has 7 heteroatoms. The van der Waals surface area contributed by atoms with Gasteiger partial charge in [0.25, 0.3) is 0 Å². The lowest BCUT2D eigenvalue weighted by Crippen LogP contribution is -1.85.